The Bertz CT molecular complexity index is 953. The molecule has 0 aliphatic rings. The summed E-state index contributed by atoms with van der Waals surface area (Å²) in [5.41, 5.74) is 6.79. The molecule has 0 N–H and O–H groups in total. The Morgan fingerprint density at radius 2 is 1.96 bits per heavy atom. The summed E-state index contributed by atoms with van der Waals surface area (Å²) < 4.78 is 7.27. The smallest absolute Gasteiger partial charge is 0.213 e. The first kappa shape index (κ1) is 18.2. The van der Waals surface area contributed by atoms with Gasteiger partial charge < -0.3 is 4.74 Å². The second-order valence-corrected chi connectivity index (χ2v) is 6.55. The van der Waals surface area contributed by atoms with Crippen LogP contribution >= 0.6 is 0 Å². The highest BCUT2D eigenvalue weighted by Gasteiger charge is 2.17. The lowest BCUT2D eigenvalue weighted by Gasteiger charge is -2.09. The molecule has 0 aliphatic heterocycles. The largest absolute Gasteiger partial charge is 0.481 e. The monoisotopic (exact) mass is 349 g/mol. The number of benzene rings is 1. The lowest BCUT2D eigenvalue weighted by molar-refractivity contribution is 0.397. The predicted octanol–water partition coefficient (Wildman–Crippen LogP) is 5.55. The molecule has 0 atom stereocenters. The normalized spacial score (nSPS) is 12.0. The van der Waals surface area contributed by atoms with Gasteiger partial charge in [0.05, 0.1) is 12.8 Å². The van der Waals surface area contributed by atoms with Crippen molar-refractivity contribution < 1.29 is 4.74 Å². The fourth-order valence-electron chi connectivity index (χ4n) is 3.58. The molecule has 4 nitrogen and oxygen atoms in total. The van der Waals surface area contributed by atoms with Crippen molar-refractivity contribution in [2.75, 3.05) is 7.11 Å². The van der Waals surface area contributed by atoms with Gasteiger partial charge in [0.1, 0.15) is 5.52 Å². The molecule has 1 aromatic carbocycles. The molecule has 136 valence electrons. The SMILES string of the molecule is CC/C=C(\CCC)c1c2cccc(-c3ccc(OC)nc3C)c2nn1C. The van der Waals surface area contributed by atoms with E-state index in [9.17, 15) is 0 Å². The van der Waals surface area contributed by atoms with Crippen molar-refractivity contribution in [3.8, 4) is 17.0 Å². The van der Waals surface area contributed by atoms with Crippen LogP contribution in [0.3, 0.4) is 0 Å². The Morgan fingerprint density at radius 1 is 1.15 bits per heavy atom. The van der Waals surface area contributed by atoms with Crippen molar-refractivity contribution in [2.24, 2.45) is 7.05 Å². The van der Waals surface area contributed by atoms with Crippen LogP contribution in [-0.2, 0) is 7.05 Å². The van der Waals surface area contributed by atoms with Crippen LogP contribution in [0.1, 0.15) is 44.5 Å². The van der Waals surface area contributed by atoms with E-state index in [4.69, 9.17) is 9.84 Å². The summed E-state index contributed by atoms with van der Waals surface area (Å²) >= 11 is 0. The fraction of sp³-hybridized carbons (Fsp3) is 0.364. The Hall–Kier alpha value is -2.62. The number of aromatic nitrogens is 3. The van der Waals surface area contributed by atoms with Crippen LogP contribution in [0, 0.1) is 6.92 Å². The average Bonchev–Trinajstić information content (AvgIpc) is 2.97. The van der Waals surface area contributed by atoms with Gasteiger partial charge in [0.2, 0.25) is 5.88 Å². The van der Waals surface area contributed by atoms with Crippen LogP contribution < -0.4 is 4.74 Å². The van der Waals surface area contributed by atoms with Gasteiger partial charge in [0.15, 0.2) is 0 Å². The molecule has 26 heavy (non-hydrogen) atoms. The first-order valence-electron chi connectivity index (χ1n) is 9.27. The second-order valence-electron chi connectivity index (χ2n) is 6.55. The number of hydrogen-bond donors (Lipinski definition) is 0. The number of pyridine rings is 1. The molecule has 2 heterocycles. The van der Waals surface area contributed by atoms with Crippen molar-refractivity contribution >= 4 is 16.5 Å². The van der Waals surface area contributed by atoms with Gasteiger partial charge in [0.25, 0.3) is 0 Å². The number of ether oxygens (including phenoxy) is 1. The number of hydrogen-bond acceptors (Lipinski definition) is 3. The average molecular weight is 349 g/mol. The van der Waals surface area contributed by atoms with Gasteiger partial charge in [-0.1, -0.05) is 44.5 Å². The van der Waals surface area contributed by atoms with Gasteiger partial charge in [-0.15, -0.1) is 0 Å². The van der Waals surface area contributed by atoms with Gasteiger partial charge in [-0.05, 0) is 31.4 Å². The van der Waals surface area contributed by atoms with Crippen molar-refractivity contribution in [2.45, 2.75) is 40.0 Å². The Balaban J connectivity index is 2.22. The van der Waals surface area contributed by atoms with Crippen molar-refractivity contribution in [1.29, 1.82) is 0 Å². The van der Waals surface area contributed by atoms with Gasteiger partial charge in [0, 0.05) is 35.3 Å². The van der Waals surface area contributed by atoms with E-state index in [1.54, 1.807) is 7.11 Å². The lowest BCUT2D eigenvalue weighted by Crippen LogP contribution is -1.98. The van der Waals surface area contributed by atoms with Crippen molar-refractivity contribution in [1.82, 2.24) is 14.8 Å². The third-order valence-electron chi connectivity index (χ3n) is 4.70. The number of aryl methyl sites for hydroxylation is 2. The van der Waals surface area contributed by atoms with E-state index in [1.807, 2.05) is 24.7 Å². The Kier molecular flexibility index (Phi) is 5.40. The van der Waals surface area contributed by atoms with Crippen LogP contribution in [0.2, 0.25) is 0 Å². The summed E-state index contributed by atoms with van der Waals surface area (Å²) in [4.78, 5) is 4.53. The van der Waals surface area contributed by atoms with E-state index in [0.29, 0.717) is 5.88 Å². The molecule has 0 amide bonds. The molecule has 0 fully saturated rings. The maximum Gasteiger partial charge on any atom is 0.213 e. The molecule has 0 saturated carbocycles. The molecular weight excluding hydrogens is 322 g/mol. The van der Waals surface area contributed by atoms with E-state index in [0.717, 1.165) is 41.6 Å². The van der Waals surface area contributed by atoms with Gasteiger partial charge in [-0.25, -0.2) is 4.98 Å². The molecule has 0 aliphatic carbocycles. The quantitative estimate of drug-likeness (QED) is 0.586. The number of allylic oxidation sites excluding steroid dienone is 2. The summed E-state index contributed by atoms with van der Waals surface area (Å²) in [6.07, 6.45) is 5.55. The minimum absolute atomic E-state index is 0.635. The van der Waals surface area contributed by atoms with Gasteiger partial charge in [-0.3, -0.25) is 4.68 Å². The molecule has 4 heteroatoms. The van der Waals surface area contributed by atoms with Crippen molar-refractivity contribution in [3.05, 3.63) is 47.8 Å². The minimum Gasteiger partial charge on any atom is -0.481 e. The third-order valence-corrected chi connectivity index (χ3v) is 4.70. The third kappa shape index (κ3) is 3.24. The van der Waals surface area contributed by atoms with E-state index in [1.165, 1.54) is 16.7 Å². The first-order chi connectivity index (χ1) is 12.6. The van der Waals surface area contributed by atoms with Crippen LogP contribution in [0.5, 0.6) is 5.88 Å². The van der Waals surface area contributed by atoms with E-state index >= 15 is 0 Å². The number of fused-ring (bicyclic) bond motifs is 1. The fourth-order valence-corrected chi connectivity index (χ4v) is 3.58. The molecular formula is C22H27N3O. The summed E-state index contributed by atoms with van der Waals surface area (Å²) in [5, 5.41) is 6.08. The zero-order valence-electron chi connectivity index (χ0n) is 16.3. The molecule has 0 spiro atoms. The Morgan fingerprint density at radius 3 is 2.62 bits per heavy atom. The van der Waals surface area contributed by atoms with Crippen LogP contribution in [0.4, 0.5) is 0 Å². The van der Waals surface area contributed by atoms with E-state index in [2.05, 4.69) is 49.2 Å². The zero-order chi connectivity index (χ0) is 18.7. The Labute approximate surface area is 155 Å². The lowest BCUT2D eigenvalue weighted by atomic mass is 9.98. The summed E-state index contributed by atoms with van der Waals surface area (Å²) in [6, 6.07) is 10.4. The first-order valence-corrected chi connectivity index (χ1v) is 9.27. The number of nitrogens with zero attached hydrogens (tertiary/aromatic N) is 3. The standard InChI is InChI=1S/C22H27N3O/c1-6-9-16(10-7-2)22-19-12-8-11-18(21(19)24-25(22)4)17-13-14-20(26-5)23-15(17)3/h8-9,11-14H,6-7,10H2,1-5H3/b16-9+. The van der Waals surface area contributed by atoms with Crippen molar-refractivity contribution in [3.63, 3.8) is 0 Å². The predicted molar refractivity (Wildman–Crippen MR) is 108 cm³/mol. The van der Waals surface area contributed by atoms with E-state index < -0.39 is 0 Å². The molecule has 0 saturated heterocycles. The summed E-state index contributed by atoms with van der Waals surface area (Å²) in [6.45, 7) is 6.42. The maximum atomic E-state index is 5.24. The molecule has 0 radical (unpaired) electrons. The summed E-state index contributed by atoms with van der Waals surface area (Å²) in [7, 11) is 3.68. The maximum absolute atomic E-state index is 5.24. The molecule has 0 unspecified atom stereocenters. The summed E-state index contributed by atoms with van der Waals surface area (Å²) in [5.74, 6) is 0.635. The highest BCUT2D eigenvalue weighted by atomic mass is 16.5. The zero-order valence-corrected chi connectivity index (χ0v) is 16.3. The molecule has 2 aromatic heterocycles. The van der Waals surface area contributed by atoms with Gasteiger partial charge >= 0.3 is 0 Å². The highest BCUT2D eigenvalue weighted by Crippen LogP contribution is 2.35. The van der Waals surface area contributed by atoms with Crippen LogP contribution in [-0.4, -0.2) is 21.9 Å². The number of methoxy groups -OCH3 is 1. The number of rotatable bonds is 6. The minimum atomic E-state index is 0.635. The second kappa shape index (κ2) is 7.73. The van der Waals surface area contributed by atoms with E-state index in [-0.39, 0.29) is 0 Å². The highest BCUT2D eigenvalue weighted by molar-refractivity contribution is 5.99. The molecule has 3 aromatic rings. The van der Waals surface area contributed by atoms with Crippen LogP contribution in [0.25, 0.3) is 27.6 Å². The molecule has 3 rings (SSSR count). The van der Waals surface area contributed by atoms with Crippen LogP contribution in [0.15, 0.2) is 36.4 Å². The molecule has 0 bridgehead atoms. The van der Waals surface area contributed by atoms with Gasteiger partial charge in [-0.2, -0.15) is 5.10 Å². The topological polar surface area (TPSA) is 39.9 Å².